The van der Waals surface area contributed by atoms with Crippen molar-refractivity contribution in [3.05, 3.63) is 18.3 Å². The van der Waals surface area contributed by atoms with Crippen molar-refractivity contribution in [3.63, 3.8) is 0 Å². The lowest BCUT2D eigenvalue weighted by molar-refractivity contribution is 0.401. The first-order valence-corrected chi connectivity index (χ1v) is 5.86. The molecule has 1 aliphatic heterocycles. The van der Waals surface area contributed by atoms with Crippen LogP contribution in [-0.4, -0.2) is 36.3 Å². The van der Waals surface area contributed by atoms with E-state index in [1.807, 2.05) is 11.9 Å². The van der Waals surface area contributed by atoms with Crippen molar-refractivity contribution in [3.8, 4) is 5.75 Å². The Hall–Kier alpha value is -1.29. The molecule has 1 atom stereocenters. The Morgan fingerprint density at radius 3 is 3.12 bits per heavy atom. The minimum Gasteiger partial charge on any atom is -0.504 e. The van der Waals surface area contributed by atoms with Gasteiger partial charge < -0.3 is 15.3 Å². The first kappa shape index (κ1) is 11.2. The maximum Gasteiger partial charge on any atom is 0.170 e. The van der Waals surface area contributed by atoms with Gasteiger partial charge in [0.05, 0.1) is 0 Å². The predicted molar refractivity (Wildman–Crippen MR) is 64.8 cm³/mol. The highest BCUT2D eigenvalue weighted by atomic mass is 16.3. The summed E-state index contributed by atoms with van der Waals surface area (Å²) >= 11 is 0. The summed E-state index contributed by atoms with van der Waals surface area (Å²) in [4.78, 5) is 6.20. The van der Waals surface area contributed by atoms with Crippen LogP contribution in [0.1, 0.15) is 19.3 Å². The smallest absolute Gasteiger partial charge is 0.170 e. The second kappa shape index (κ2) is 5.16. The number of hydrogen-bond donors (Lipinski definition) is 2. The van der Waals surface area contributed by atoms with Crippen molar-refractivity contribution in [2.75, 3.05) is 25.0 Å². The van der Waals surface area contributed by atoms with Crippen LogP contribution < -0.4 is 10.2 Å². The molecule has 16 heavy (non-hydrogen) atoms. The molecule has 0 bridgehead atoms. The molecule has 0 aromatic carbocycles. The summed E-state index contributed by atoms with van der Waals surface area (Å²) in [6.07, 6.45) is 5.48. The molecular weight excluding hydrogens is 202 g/mol. The molecule has 2 heterocycles. The highest BCUT2D eigenvalue weighted by molar-refractivity contribution is 5.50. The van der Waals surface area contributed by atoms with Crippen LogP contribution in [0.2, 0.25) is 0 Å². The molecule has 4 heteroatoms. The van der Waals surface area contributed by atoms with Crippen LogP contribution in [0.3, 0.4) is 0 Å². The van der Waals surface area contributed by atoms with Gasteiger partial charge in [-0.15, -0.1) is 0 Å². The zero-order valence-electron chi connectivity index (χ0n) is 9.69. The minimum atomic E-state index is 0.251. The summed E-state index contributed by atoms with van der Waals surface area (Å²) in [5, 5.41) is 13.2. The molecule has 0 radical (unpaired) electrons. The number of rotatable bonds is 3. The van der Waals surface area contributed by atoms with E-state index in [2.05, 4.69) is 10.3 Å². The van der Waals surface area contributed by atoms with Crippen LogP contribution in [0, 0.1) is 0 Å². The van der Waals surface area contributed by atoms with Gasteiger partial charge >= 0.3 is 0 Å². The van der Waals surface area contributed by atoms with E-state index in [1.165, 1.54) is 19.3 Å². The molecule has 0 spiro atoms. The molecule has 1 aliphatic rings. The summed E-state index contributed by atoms with van der Waals surface area (Å²) in [7, 11) is 1.97. The van der Waals surface area contributed by atoms with E-state index in [9.17, 15) is 5.11 Å². The van der Waals surface area contributed by atoms with Gasteiger partial charge in [0.25, 0.3) is 0 Å². The van der Waals surface area contributed by atoms with E-state index in [0.29, 0.717) is 11.9 Å². The van der Waals surface area contributed by atoms with Gasteiger partial charge in [-0.2, -0.15) is 0 Å². The third-order valence-electron chi connectivity index (χ3n) is 3.03. The topological polar surface area (TPSA) is 48.4 Å². The Bertz CT molecular complexity index is 337. The van der Waals surface area contributed by atoms with Gasteiger partial charge in [0.2, 0.25) is 0 Å². The molecule has 2 rings (SSSR count). The monoisotopic (exact) mass is 221 g/mol. The van der Waals surface area contributed by atoms with Gasteiger partial charge in [-0.25, -0.2) is 4.98 Å². The third kappa shape index (κ3) is 2.64. The van der Waals surface area contributed by atoms with Crippen molar-refractivity contribution in [2.24, 2.45) is 0 Å². The van der Waals surface area contributed by atoms with E-state index in [1.54, 1.807) is 18.3 Å². The largest absolute Gasteiger partial charge is 0.504 e. The molecule has 4 nitrogen and oxygen atoms in total. The van der Waals surface area contributed by atoms with Gasteiger partial charge in [-0.1, -0.05) is 6.42 Å². The predicted octanol–water partition coefficient (Wildman–Crippen LogP) is 1.37. The van der Waals surface area contributed by atoms with Crippen molar-refractivity contribution in [1.29, 1.82) is 0 Å². The van der Waals surface area contributed by atoms with Crippen LogP contribution in [0.25, 0.3) is 0 Å². The first-order chi connectivity index (χ1) is 7.77. The number of piperidine rings is 1. The summed E-state index contributed by atoms with van der Waals surface area (Å²) < 4.78 is 0. The van der Waals surface area contributed by atoms with E-state index < -0.39 is 0 Å². The quantitative estimate of drug-likeness (QED) is 0.809. The summed E-state index contributed by atoms with van der Waals surface area (Å²) in [6.45, 7) is 2.00. The summed E-state index contributed by atoms with van der Waals surface area (Å²) in [5.41, 5.74) is 0. The number of hydrogen-bond acceptors (Lipinski definition) is 4. The van der Waals surface area contributed by atoms with Crippen LogP contribution in [0.15, 0.2) is 18.3 Å². The standard InChI is InChI=1S/C12H19N3O/c1-15(9-10-5-2-3-7-13-10)12-11(16)6-4-8-14-12/h4,6,8,10,13,16H,2-3,5,7,9H2,1H3/t10-/m1/s1. The van der Waals surface area contributed by atoms with Gasteiger partial charge in [0.1, 0.15) is 0 Å². The van der Waals surface area contributed by atoms with Crippen molar-refractivity contribution >= 4 is 5.82 Å². The Kier molecular flexibility index (Phi) is 3.62. The maximum absolute atomic E-state index is 9.69. The number of aromatic hydroxyl groups is 1. The number of anilines is 1. The average molecular weight is 221 g/mol. The summed E-state index contributed by atoms with van der Waals surface area (Å²) in [6, 6.07) is 3.93. The van der Waals surface area contributed by atoms with E-state index >= 15 is 0 Å². The molecule has 1 aromatic rings. The molecule has 88 valence electrons. The molecule has 1 aromatic heterocycles. The van der Waals surface area contributed by atoms with Gasteiger partial charge in [0, 0.05) is 25.8 Å². The SMILES string of the molecule is CN(C[C@H]1CCCCN1)c1ncccc1O. The average Bonchev–Trinajstić information content (AvgIpc) is 2.31. The van der Waals surface area contributed by atoms with Crippen LogP contribution in [-0.2, 0) is 0 Å². The highest BCUT2D eigenvalue weighted by Gasteiger charge is 2.16. The van der Waals surface area contributed by atoms with Gasteiger partial charge in [-0.05, 0) is 31.5 Å². The van der Waals surface area contributed by atoms with Crippen LogP contribution in [0.4, 0.5) is 5.82 Å². The fraction of sp³-hybridized carbons (Fsp3) is 0.583. The van der Waals surface area contributed by atoms with Crippen molar-refractivity contribution in [1.82, 2.24) is 10.3 Å². The molecular formula is C12H19N3O. The number of aromatic nitrogens is 1. The van der Waals surface area contributed by atoms with E-state index in [4.69, 9.17) is 0 Å². The normalized spacial score (nSPS) is 20.7. The maximum atomic E-state index is 9.69. The Labute approximate surface area is 96.3 Å². The number of nitrogens with zero attached hydrogens (tertiary/aromatic N) is 2. The second-order valence-electron chi connectivity index (χ2n) is 4.37. The lowest BCUT2D eigenvalue weighted by Gasteiger charge is -2.28. The van der Waals surface area contributed by atoms with E-state index in [-0.39, 0.29) is 5.75 Å². The summed E-state index contributed by atoms with van der Waals surface area (Å²) in [5.74, 6) is 0.913. The van der Waals surface area contributed by atoms with Gasteiger partial charge in [-0.3, -0.25) is 0 Å². The zero-order valence-corrected chi connectivity index (χ0v) is 9.69. The molecule has 0 unspecified atom stereocenters. The second-order valence-corrected chi connectivity index (χ2v) is 4.37. The third-order valence-corrected chi connectivity index (χ3v) is 3.03. The Balaban J connectivity index is 1.96. The molecule has 1 saturated heterocycles. The van der Waals surface area contributed by atoms with Crippen molar-refractivity contribution < 1.29 is 5.11 Å². The zero-order chi connectivity index (χ0) is 11.4. The number of likely N-dealkylation sites (N-methyl/N-ethyl adjacent to an activating group) is 1. The minimum absolute atomic E-state index is 0.251. The fourth-order valence-corrected chi connectivity index (χ4v) is 2.18. The van der Waals surface area contributed by atoms with Gasteiger partial charge in [0.15, 0.2) is 11.6 Å². The fourth-order valence-electron chi connectivity index (χ4n) is 2.18. The lowest BCUT2D eigenvalue weighted by atomic mass is 10.0. The highest BCUT2D eigenvalue weighted by Crippen LogP contribution is 2.22. The first-order valence-electron chi connectivity index (χ1n) is 5.86. The van der Waals surface area contributed by atoms with Crippen molar-refractivity contribution in [2.45, 2.75) is 25.3 Å². The molecule has 0 amide bonds. The van der Waals surface area contributed by atoms with Crippen LogP contribution >= 0.6 is 0 Å². The lowest BCUT2D eigenvalue weighted by Crippen LogP contribution is -2.42. The number of nitrogens with one attached hydrogen (secondary N) is 1. The molecule has 0 saturated carbocycles. The van der Waals surface area contributed by atoms with E-state index in [0.717, 1.165) is 13.1 Å². The number of pyridine rings is 1. The molecule has 1 fully saturated rings. The Morgan fingerprint density at radius 1 is 1.56 bits per heavy atom. The molecule has 2 N–H and O–H groups in total. The van der Waals surface area contributed by atoms with Crippen LogP contribution in [0.5, 0.6) is 5.75 Å². The Morgan fingerprint density at radius 2 is 2.44 bits per heavy atom. The molecule has 0 aliphatic carbocycles.